The van der Waals surface area contributed by atoms with Crippen LogP contribution in [0.2, 0.25) is 0 Å². The number of methoxy groups -OCH3 is 1. The summed E-state index contributed by atoms with van der Waals surface area (Å²) in [6.07, 6.45) is 8.34. The number of halogens is 1. The van der Waals surface area contributed by atoms with E-state index in [-0.39, 0.29) is 18.8 Å². The average molecular weight is 430 g/mol. The van der Waals surface area contributed by atoms with Crippen molar-refractivity contribution in [3.8, 4) is 5.75 Å². The summed E-state index contributed by atoms with van der Waals surface area (Å²) in [4.78, 5) is 13.2. The lowest BCUT2D eigenvalue weighted by molar-refractivity contribution is -0.137. The number of aliphatic carboxylic acids is 1. The molecule has 5 heteroatoms. The number of rotatable bonds is 10. The zero-order chi connectivity index (χ0) is 20.5. The van der Waals surface area contributed by atoms with Crippen molar-refractivity contribution >= 4 is 18.4 Å². The maximum absolute atomic E-state index is 10.6. The summed E-state index contributed by atoms with van der Waals surface area (Å²) in [6.45, 7) is 2.02. The molecule has 162 valence electrons. The number of carbonyl (C=O) groups is 1. The summed E-state index contributed by atoms with van der Waals surface area (Å²) in [7, 11) is 1.72. The Balaban J connectivity index is 0.00000320. The van der Waals surface area contributed by atoms with Crippen molar-refractivity contribution in [1.82, 2.24) is 4.90 Å². The Labute approximate surface area is 186 Å². The number of benzene rings is 2. The van der Waals surface area contributed by atoms with Crippen LogP contribution in [0.1, 0.15) is 49.3 Å². The molecule has 2 aromatic carbocycles. The molecule has 1 aliphatic rings. The summed E-state index contributed by atoms with van der Waals surface area (Å²) in [5.41, 5.74) is 2.65. The maximum atomic E-state index is 10.6. The third-order valence-electron chi connectivity index (χ3n) is 5.66. The Bertz CT molecular complexity index is 809. The molecule has 0 spiro atoms. The van der Waals surface area contributed by atoms with Crippen molar-refractivity contribution in [1.29, 1.82) is 0 Å². The Morgan fingerprint density at radius 1 is 1.17 bits per heavy atom. The highest BCUT2D eigenvalue weighted by molar-refractivity contribution is 5.85. The van der Waals surface area contributed by atoms with E-state index < -0.39 is 5.97 Å². The van der Waals surface area contributed by atoms with E-state index in [2.05, 4.69) is 65.6 Å². The molecule has 1 saturated heterocycles. The fourth-order valence-corrected chi connectivity index (χ4v) is 4.24. The number of nitrogens with zero attached hydrogens (tertiary/aromatic N) is 1. The van der Waals surface area contributed by atoms with Crippen molar-refractivity contribution in [3.63, 3.8) is 0 Å². The molecule has 0 radical (unpaired) electrons. The Hall–Kier alpha value is -2.30. The van der Waals surface area contributed by atoms with Gasteiger partial charge in [0.15, 0.2) is 0 Å². The third-order valence-corrected chi connectivity index (χ3v) is 5.66. The van der Waals surface area contributed by atoms with Crippen molar-refractivity contribution < 1.29 is 14.6 Å². The summed E-state index contributed by atoms with van der Waals surface area (Å²) in [5, 5.41) is 8.76. The lowest BCUT2D eigenvalue weighted by Gasteiger charge is -2.29. The number of likely N-dealkylation sites (tertiary alicyclic amines) is 1. The van der Waals surface area contributed by atoms with Gasteiger partial charge in [0.05, 0.1) is 7.11 Å². The van der Waals surface area contributed by atoms with Gasteiger partial charge in [-0.15, -0.1) is 12.4 Å². The molecule has 2 atom stereocenters. The first-order valence-corrected chi connectivity index (χ1v) is 10.5. The highest BCUT2D eigenvalue weighted by atomic mass is 35.5. The highest BCUT2D eigenvalue weighted by Gasteiger charge is 2.34. The Morgan fingerprint density at radius 2 is 1.97 bits per heavy atom. The molecule has 0 bridgehead atoms. The second-order valence-electron chi connectivity index (χ2n) is 7.72. The van der Waals surface area contributed by atoms with Crippen LogP contribution in [0.5, 0.6) is 5.75 Å². The summed E-state index contributed by atoms with van der Waals surface area (Å²) < 4.78 is 5.47. The third kappa shape index (κ3) is 6.89. The number of carboxylic acids is 1. The van der Waals surface area contributed by atoms with Crippen LogP contribution >= 0.6 is 12.4 Å². The van der Waals surface area contributed by atoms with Gasteiger partial charge in [-0.2, -0.15) is 0 Å². The smallest absolute Gasteiger partial charge is 0.303 e. The first kappa shape index (κ1) is 24.0. The lowest BCUT2D eigenvalue weighted by atomic mass is 9.90. The normalized spacial score (nSPS) is 19.0. The second kappa shape index (κ2) is 12.4. The SMILES string of the molecule is COc1cccc(C2C(C/C=C\CCCC(=O)O)CCN2Cc2ccccc2)c1.Cl. The maximum Gasteiger partial charge on any atom is 0.303 e. The topological polar surface area (TPSA) is 49.8 Å². The fourth-order valence-electron chi connectivity index (χ4n) is 4.24. The molecule has 1 N–H and O–H groups in total. The minimum absolute atomic E-state index is 0. The molecule has 1 fully saturated rings. The van der Waals surface area contributed by atoms with E-state index in [4.69, 9.17) is 9.84 Å². The molecule has 2 unspecified atom stereocenters. The monoisotopic (exact) mass is 429 g/mol. The van der Waals surface area contributed by atoms with Gasteiger partial charge in [0.1, 0.15) is 5.75 Å². The number of allylic oxidation sites excluding steroid dienone is 2. The average Bonchev–Trinajstić information content (AvgIpc) is 3.13. The summed E-state index contributed by atoms with van der Waals surface area (Å²) >= 11 is 0. The molecular weight excluding hydrogens is 398 g/mol. The molecule has 0 aromatic heterocycles. The van der Waals surface area contributed by atoms with E-state index in [0.717, 1.165) is 38.1 Å². The van der Waals surface area contributed by atoms with E-state index in [0.29, 0.717) is 18.4 Å². The zero-order valence-corrected chi connectivity index (χ0v) is 18.4. The van der Waals surface area contributed by atoms with Gasteiger partial charge in [-0.25, -0.2) is 0 Å². The quantitative estimate of drug-likeness (QED) is 0.378. The van der Waals surface area contributed by atoms with Gasteiger partial charge in [-0.05, 0) is 61.4 Å². The van der Waals surface area contributed by atoms with E-state index in [1.807, 2.05) is 6.07 Å². The van der Waals surface area contributed by atoms with Gasteiger partial charge in [-0.3, -0.25) is 9.69 Å². The van der Waals surface area contributed by atoms with E-state index >= 15 is 0 Å². The first-order chi connectivity index (χ1) is 14.2. The standard InChI is InChI=1S/C25H31NO3.ClH/c1-29-23-14-9-13-22(18-23)25-21(12-7-2-3-8-15-24(27)28)16-17-26(25)19-20-10-5-4-6-11-20;/h2,4-7,9-11,13-14,18,21,25H,3,8,12,15-17,19H2,1H3,(H,27,28);1H/b7-2-;. The molecule has 1 heterocycles. The van der Waals surface area contributed by atoms with Crippen LogP contribution in [-0.4, -0.2) is 29.6 Å². The molecule has 0 aliphatic carbocycles. The van der Waals surface area contributed by atoms with Crippen LogP contribution in [0.3, 0.4) is 0 Å². The Morgan fingerprint density at radius 3 is 2.70 bits per heavy atom. The van der Waals surface area contributed by atoms with Crippen LogP contribution in [0.25, 0.3) is 0 Å². The van der Waals surface area contributed by atoms with Gasteiger partial charge < -0.3 is 9.84 Å². The lowest BCUT2D eigenvalue weighted by Crippen LogP contribution is -2.25. The van der Waals surface area contributed by atoms with Gasteiger partial charge in [0.25, 0.3) is 0 Å². The van der Waals surface area contributed by atoms with Crippen LogP contribution < -0.4 is 4.74 Å². The van der Waals surface area contributed by atoms with E-state index in [1.165, 1.54) is 11.1 Å². The molecule has 3 rings (SSSR count). The number of hydrogen-bond acceptors (Lipinski definition) is 3. The van der Waals surface area contributed by atoms with Gasteiger partial charge in [0, 0.05) is 19.0 Å². The molecular formula is C25H32ClNO3. The molecule has 1 aliphatic heterocycles. The number of ether oxygens (including phenoxy) is 1. The number of hydrogen-bond donors (Lipinski definition) is 1. The summed E-state index contributed by atoms with van der Waals surface area (Å²) in [6, 6.07) is 19.4. The molecule has 30 heavy (non-hydrogen) atoms. The highest BCUT2D eigenvalue weighted by Crippen LogP contribution is 2.41. The molecule has 4 nitrogen and oxygen atoms in total. The number of carboxylic acid groups (broad SMARTS) is 1. The van der Waals surface area contributed by atoms with Crippen molar-refractivity contribution in [2.24, 2.45) is 5.92 Å². The van der Waals surface area contributed by atoms with E-state index in [1.54, 1.807) is 7.11 Å². The second-order valence-corrected chi connectivity index (χ2v) is 7.72. The fraction of sp³-hybridized carbons (Fsp3) is 0.400. The van der Waals surface area contributed by atoms with E-state index in [9.17, 15) is 4.79 Å². The Kier molecular flexibility index (Phi) is 9.92. The minimum atomic E-state index is -0.719. The van der Waals surface area contributed by atoms with Crippen LogP contribution in [-0.2, 0) is 11.3 Å². The predicted octanol–water partition coefficient (Wildman–Crippen LogP) is 5.88. The van der Waals surface area contributed by atoms with Crippen LogP contribution in [0, 0.1) is 5.92 Å². The van der Waals surface area contributed by atoms with Crippen molar-refractivity contribution in [2.45, 2.75) is 44.7 Å². The first-order valence-electron chi connectivity index (χ1n) is 10.5. The van der Waals surface area contributed by atoms with Gasteiger partial charge in [-0.1, -0.05) is 54.6 Å². The van der Waals surface area contributed by atoms with Crippen molar-refractivity contribution in [3.05, 3.63) is 77.9 Å². The van der Waals surface area contributed by atoms with Gasteiger partial charge in [0.2, 0.25) is 0 Å². The molecule has 2 aromatic rings. The van der Waals surface area contributed by atoms with Crippen LogP contribution in [0.15, 0.2) is 66.7 Å². The summed E-state index contributed by atoms with van der Waals surface area (Å²) in [5.74, 6) is 0.724. The zero-order valence-electron chi connectivity index (χ0n) is 17.6. The number of unbranched alkanes of at least 4 members (excludes halogenated alkanes) is 1. The largest absolute Gasteiger partial charge is 0.497 e. The van der Waals surface area contributed by atoms with Crippen LogP contribution in [0.4, 0.5) is 0 Å². The molecule has 0 saturated carbocycles. The van der Waals surface area contributed by atoms with Crippen molar-refractivity contribution in [2.75, 3.05) is 13.7 Å². The predicted molar refractivity (Wildman–Crippen MR) is 123 cm³/mol. The minimum Gasteiger partial charge on any atom is -0.497 e. The molecule has 0 amide bonds. The van der Waals surface area contributed by atoms with Gasteiger partial charge >= 0.3 is 5.97 Å².